The maximum atomic E-state index is 12.9. The first kappa shape index (κ1) is 16.6. The summed E-state index contributed by atoms with van der Waals surface area (Å²) in [6.07, 6.45) is 2.44. The largest absolute Gasteiger partial charge is 0.496 e. The number of hydrogen-bond acceptors (Lipinski definition) is 4. The predicted molar refractivity (Wildman–Crippen MR) is 87.6 cm³/mol. The van der Waals surface area contributed by atoms with Gasteiger partial charge >= 0.3 is 5.97 Å². The third-order valence-corrected chi connectivity index (χ3v) is 5.58. The van der Waals surface area contributed by atoms with E-state index in [2.05, 4.69) is 0 Å². The van der Waals surface area contributed by atoms with Crippen LogP contribution in [0, 0.1) is 18.3 Å². The van der Waals surface area contributed by atoms with E-state index < -0.39 is 11.4 Å². The lowest BCUT2D eigenvalue weighted by Crippen LogP contribution is -2.37. The number of rotatable bonds is 4. The average molecular weight is 333 g/mol. The van der Waals surface area contributed by atoms with Crippen molar-refractivity contribution in [1.29, 1.82) is 0 Å². The molecule has 0 radical (unpaired) electrons. The Kier molecular flexibility index (Phi) is 4.15. The maximum Gasteiger partial charge on any atom is 0.311 e. The zero-order chi connectivity index (χ0) is 17.5. The van der Waals surface area contributed by atoms with Crippen LogP contribution in [0.5, 0.6) is 11.5 Å². The van der Waals surface area contributed by atoms with Gasteiger partial charge in [0, 0.05) is 24.2 Å². The highest BCUT2D eigenvalue weighted by Gasteiger charge is 2.55. The number of likely N-dealkylation sites (tertiary alicyclic amines) is 1. The van der Waals surface area contributed by atoms with Crippen molar-refractivity contribution in [2.45, 2.75) is 26.2 Å². The summed E-state index contributed by atoms with van der Waals surface area (Å²) in [5.41, 5.74) is 0.529. The van der Waals surface area contributed by atoms with E-state index in [-0.39, 0.29) is 18.4 Å². The van der Waals surface area contributed by atoms with E-state index in [4.69, 9.17) is 9.47 Å². The molecule has 1 heterocycles. The minimum Gasteiger partial charge on any atom is -0.496 e. The van der Waals surface area contributed by atoms with Crippen molar-refractivity contribution in [3.63, 3.8) is 0 Å². The Morgan fingerprint density at radius 3 is 2.38 bits per heavy atom. The fourth-order valence-electron chi connectivity index (χ4n) is 4.19. The summed E-state index contributed by atoms with van der Waals surface area (Å²) in [5.74, 6) is 0.282. The molecule has 1 amide bonds. The minimum absolute atomic E-state index is 0.0492. The number of carboxylic acid groups (broad SMARTS) is 1. The Balaban J connectivity index is 1.90. The molecule has 24 heavy (non-hydrogen) atoms. The zero-order valence-corrected chi connectivity index (χ0v) is 14.3. The number of carbonyl (C=O) groups excluding carboxylic acids is 1. The van der Waals surface area contributed by atoms with Crippen LogP contribution >= 0.6 is 0 Å². The number of amides is 1. The first-order chi connectivity index (χ1) is 11.4. The fraction of sp³-hybridized carbons (Fsp3) is 0.556. The predicted octanol–water partition coefficient (Wildman–Crippen LogP) is 2.34. The third kappa shape index (κ3) is 2.41. The van der Waals surface area contributed by atoms with E-state index in [1.165, 1.54) is 0 Å². The zero-order valence-electron chi connectivity index (χ0n) is 14.3. The van der Waals surface area contributed by atoms with Gasteiger partial charge in [-0.25, -0.2) is 0 Å². The molecule has 1 aliphatic carbocycles. The van der Waals surface area contributed by atoms with Crippen molar-refractivity contribution in [3.05, 3.63) is 23.3 Å². The molecule has 1 saturated heterocycles. The number of carbonyl (C=O) groups is 2. The Morgan fingerprint density at radius 1 is 1.25 bits per heavy atom. The van der Waals surface area contributed by atoms with E-state index in [0.29, 0.717) is 30.0 Å². The molecule has 6 nitrogen and oxygen atoms in total. The van der Waals surface area contributed by atoms with Crippen LogP contribution in [0.15, 0.2) is 12.1 Å². The topological polar surface area (TPSA) is 76.1 Å². The van der Waals surface area contributed by atoms with Gasteiger partial charge in [-0.1, -0.05) is 6.42 Å². The average Bonchev–Trinajstić information content (AvgIpc) is 3.12. The van der Waals surface area contributed by atoms with Crippen LogP contribution in [0.3, 0.4) is 0 Å². The van der Waals surface area contributed by atoms with Crippen molar-refractivity contribution < 1.29 is 24.2 Å². The van der Waals surface area contributed by atoms with E-state index in [1.807, 2.05) is 6.92 Å². The highest BCUT2D eigenvalue weighted by molar-refractivity contribution is 5.96. The lowest BCUT2D eigenvalue weighted by atomic mass is 9.81. The van der Waals surface area contributed by atoms with Crippen LogP contribution in [0.25, 0.3) is 0 Å². The second kappa shape index (κ2) is 6.00. The summed E-state index contributed by atoms with van der Waals surface area (Å²) in [6.45, 7) is 2.65. The number of hydrogen-bond donors (Lipinski definition) is 1. The molecule has 1 aliphatic heterocycles. The normalized spacial score (nSPS) is 25.5. The fourth-order valence-corrected chi connectivity index (χ4v) is 4.19. The summed E-state index contributed by atoms with van der Waals surface area (Å²) in [7, 11) is 3.10. The highest BCUT2D eigenvalue weighted by Crippen LogP contribution is 2.49. The molecule has 0 bridgehead atoms. The number of methoxy groups -OCH3 is 2. The summed E-state index contributed by atoms with van der Waals surface area (Å²) in [6, 6.07) is 3.39. The van der Waals surface area contributed by atoms with E-state index in [9.17, 15) is 14.7 Å². The van der Waals surface area contributed by atoms with Crippen molar-refractivity contribution >= 4 is 11.9 Å². The summed E-state index contributed by atoms with van der Waals surface area (Å²) in [5, 5.41) is 9.67. The van der Waals surface area contributed by atoms with E-state index in [1.54, 1.807) is 31.3 Å². The molecule has 0 spiro atoms. The van der Waals surface area contributed by atoms with Crippen molar-refractivity contribution in [2.24, 2.45) is 11.3 Å². The van der Waals surface area contributed by atoms with Gasteiger partial charge in [0.1, 0.15) is 11.5 Å². The first-order valence-corrected chi connectivity index (χ1v) is 8.18. The third-order valence-electron chi connectivity index (χ3n) is 5.58. The van der Waals surface area contributed by atoms with Crippen molar-refractivity contribution in [2.75, 3.05) is 27.3 Å². The monoisotopic (exact) mass is 333 g/mol. The van der Waals surface area contributed by atoms with Crippen LogP contribution in [-0.2, 0) is 4.79 Å². The van der Waals surface area contributed by atoms with Gasteiger partial charge in [-0.05, 0) is 37.8 Å². The van der Waals surface area contributed by atoms with Gasteiger partial charge in [0.2, 0.25) is 0 Å². The Morgan fingerprint density at radius 2 is 1.88 bits per heavy atom. The number of aliphatic carboxylic acids is 1. The van der Waals surface area contributed by atoms with Crippen LogP contribution in [0.2, 0.25) is 0 Å². The summed E-state index contributed by atoms with van der Waals surface area (Å²) < 4.78 is 10.7. The molecule has 2 aliphatic rings. The molecule has 0 unspecified atom stereocenters. The first-order valence-electron chi connectivity index (χ1n) is 8.18. The maximum absolute atomic E-state index is 12.9. The Labute approximate surface area is 141 Å². The Bertz CT molecular complexity index is 661. The number of carboxylic acids is 1. The lowest BCUT2D eigenvalue weighted by molar-refractivity contribution is -0.149. The van der Waals surface area contributed by atoms with Crippen LogP contribution in [0.4, 0.5) is 0 Å². The molecule has 2 fully saturated rings. The number of fused-ring (bicyclic) bond motifs is 1. The second-order valence-corrected chi connectivity index (χ2v) is 6.74. The van der Waals surface area contributed by atoms with Gasteiger partial charge in [-0.15, -0.1) is 0 Å². The molecular formula is C18H23NO5. The molecular weight excluding hydrogens is 310 g/mol. The molecule has 1 N–H and O–H groups in total. The van der Waals surface area contributed by atoms with Crippen molar-refractivity contribution in [3.8, 4) is 11.5 Å². The lowest BCUT2D eigenvalue weighted by Gasteiger charge is -2.23. The molecule has 6 heteroatoms. The SMILES string of the molecule is COc1cc(C(=O)N2C[C@@H]3CCC[C@@]3(C(=O)O)C2)cc(OC)c1C. The molecule has 3 rings (SSSR count). The molecule has 130 valence electrons. The smallest absolute Gasteiger partial charge is 0.311 e. The van der Waals surface area contributed by atoms with Crippen LogP contribution in [0.1, 0.15) is 35.2 Å². The molecule has 2 atom stereocenters. The number of ether oxygens (including phenoxy) is 2. The van der Waals surface area contributed by atoms with Gasteiger partial charge in [-0.3, -0.25) is 9.59 Å². The minimum atomic E-state index is -0.778. The van der Waals surface area contributed by atoms with Gasteiger partial charge < -0.3 is 19.5 Å². The van der Waals surface area contributed by atoms with Crippen molar-refractivity contribution in [1.82, 2.24) is 4.90 Å². The molecule has 0 aromatic heterocycles. The van der Waals surface area contributed by atoms with Crippen LogP contribution in [-0.4, -0.2) is 49.2 Å². The van der Waals surface area contributed by atoms with E-state index in [0.717, 1.165) is 18.4 Å². The van der Waals surface area contributed by atoms with Gasteiger partial charge in [0.05, 0.1) is 19.6 Å². The summed E-state index contributed by atoms with van der Waals surface area (Å²) >= 11 is 0. The van der Waals surface area contributed by atoms with Crippen LogP contribution < -0.4 is 9.47 Å². The standard InChI is InChI=1S/C18H23NO5/c1-11-14(23-2)7-12(8-15(11)24-3)16(20)19-9-13-5-4-6-18(13,10-19)17(21)22/h7-8,13H,4-6,9-10H2,1-3H3,(H,21,22)/t13-,18+/m0/s1. The quantitative estimate of drug-likeness (QED) is 0.915. The molecule has 1 saturated carbocycles. The van der Waals surface area contributed by atoms with Gasteiger partial charge in [0.15, 0.2) is 0 Å². The van der Waals surface area contributed by atoms with Gasteiger partial charge in [0.25, 0.3) is 5.91 Å². The second-order valence-electron chi connectivity index (χ2n) is 6.74. The van der Waals surface area contributed by atoms with E-state index >= 15 is 0 Å². The Hall–Kier alpha value is -2.24. The molecule has 1 aromatic rings. The number of nitrogens with zero attached hydrogens (tertiary/aromatic N) is 1. The van der Waals surface area contributed by atoms with Gasteiger partial charge in [-0.2, -0.15) is 0 Å². The summed E-state index contributed by atoms with van der Waals surface area (Å²) in [4.78, 5) is 26.4. The number of benzene rings is 1. The molecule has 1 aromatic carbocycles. The highest BCUT2D eigenvalue weighted by atomic mass is 16.5.